The summed E-state index contributed by atoms with van der Waals surface area (Å²) in [5.41, 5.74) is 7.17. The van der Waals surface area contributed by atoms with Crippen molar-refractivity contribution in [3.63, 3.8) is 0 Å². The number of hydrogen-bond donors (Lipinski definition) is 2. The summed E-state index contributed by atoms with van der Waals surface area (Å²) >= 11 is 0. The van der Waals surface area contributed by atoms with Crippen LogP contribution in [-0.4, -0.2) is 26.2 Å². The molecule has 2 aromatic carbocycles. The third-order valence-electron chi connectivity index (χ3n) is 7.74. The van der Waals surface area contributed by atoms with E-state index in [1.807, 2.05) is 24.3 Å². The molecular formula is C27H37N3O+2. The number of piperidine rings is 1. The Bertz CT molecular complexity index is 846. The van der Waals surface area contributed by atoms with Gasteiger partial charge in [-0.1, -0.05) is 43.2 Å². The van der Waals surface area contributed by atoms with E-state index in [0.29, 0.717) is 11.5 Å². The molecule has 0 spiro atoms. The van der Waals surface area contributed by atoms with Crippen molar-refractivity contribution in [2.75, 3.05) is 26.2 Å². The second-order valence-corrected chi connectivity index (χ2v) is 9.50. The van der Waals surface area contributed by atoms with Gasteiger partial charge in [0.25, 0.3) is 0 Å². The zero-order valence-corrected chi connectivity index (χ0v) is 18.7. The maximum Gasteiger partial charge on any atom is 0.126 e. The van der Waals surface area contributed by atoms with Gasteiger partial charge in [0.2, 0.25) is 0 Å². The van der Waals surface area contributed by atoms with Crippen molar-refractivity contribution in [2.24, 2.45) is 11.8 Å². The zero-order chi connectivity index (χ0) is 21.5. The normalized spacial score (nSPS) is 23.7. The fraction of sp³-hybridized carbons (Fsp3) is 0.519. The van der Waals surface area contributed by atoms with E-state index in [1.54, 1.807) is 4.90 Å². The maximum absolute atomic E-state index is 8.88. The quantitative estimate of drug-likeness (QED) is 0.646. The van der Waals surface area contributed by atoms with Crippen LogP contribution in [0.3, 0.4) is 0 Å². The van der Waals surface area contributed by atoms with Gasteiger partial charge in [0, 0.05) is 36.7 Å². The minimum Gasteiger partial charge on any atom is -0.493 e. The van der Waals surface area contributed by atoms with Gasteiger partial charge in [0.1, 0.15) is 11.3 Å². The number of hydrogen-bond acceptors (Lipinski definition) is 2. The Balaban J connectivity index is 1.27. The van der Waals surface area contributed by atoms with Gasteiger partial charge in [-0.2, -0.15) is 5.26 Å². The van der Waals surface area contributed by atoms with Crippen molar-refractivity contribution < 1.29 is 15.4 Å². The molecule has 2 aliphatic rings. The van der Waals surface area contributed by atoms with Crippen LogP contribution in [0.25, 0.3) is 0 Å². The van der Waals surface area contributed by atoms with Gasteiger partial charge >= 0.3 is 0 Å². The van der Waals surface area contributed by atoms with Crippen LogP contribution in [0.15, 0.2) is 54.6 Å². The first-order chi connectivity index (χ1) is 15.2. The molecule has 0 aromatic heterocycles. The summed E-state index contributed by atoms with van der Waals surface area (Å²) in [5.74, 6) is 2.29. The summed E-state index contributed by atoms with van der Waals surface area (Å²) in [7, 11) is 0. The van der Waals surface area contributed by atoms with Crippen LogP contribution in [0.2, 0.25) is 0 Å². The number of rotatable bonds is 8. The van der Waals surface area contributed by atoms with Crippen molar-refractivity contribution in [3.05, 3.63) is 65.7 Å². The lowest BCUT2D eigenvalue weighted by molar-refractivity contribution is -0.907. The average Bonchev–Trinajstić information content (AvgIpc) is 3.38. The van der Waals surface area contributed by atoms with E-state index < -0.39 is 0 Å². The van der Waals surface area contributed by atoms with Crippen molar-refractivity contribution in [1.29, 1.82) is 5.26 Å². The fourth-order valence-electron chi connectivity index (χ4n) is 5.92. The lowest BCUT2D eigenvalue weighted by atomic mass is 9.66. The SMILES string of the molecule is N#Cc1ccc(OCCC[NH+]2CCC([C@@]([NH3+])(c3ccccc3)C3CCCC3)CC2)cc1. The van der Waals surface area contributed by atoms with Gasteiger partial charge in [-0.25, -0.2) is 0 Å². The Kier molecular flexibility index (Phi) is 7.27. The van der Waals surface area contributed by atoms with Crippen molar-refractivity contribution in [2.45, 2.75) is 50.5 Å². The first-order valence-corrected chi connectivity index (χ1v) is 12.1. The van der Waals surface area contributed by atoms with Crippen LogP contribution in [0, 0.1) is 23.2 Å². The second-order valence-electron chi connectivity index (χ2n) is 9.50. The van der Waals surface area contributed by atoms with Crippen LogP contribution >= 0.6 is 0 Å². The largest absolute Gasteiger partial charge is 0.493 e. The highest BCUT2D eigenvalue weighted by Crippen LogP contribution is 2.44. The molecule has 4 rings (SSSR count). The molecule has 31 heavy (non-hydrogen) atoms. The Morgan fingerprint density at radius 2 is 1.58 bits per heavy atom. The first-order valence-electron chi connectivity index (χ1n) is 12.1. The van der Waals surface area contributed by atoms with Gasteiger partial charge in [0.15, 0.2) is 0 Å². The zero-order valence-electron chi connectivity index (χ0n) is 18.7. The van der Waals surface area contributed by atoms with Crippen molar-refractivity contribution >= 4 is 0 Å². The van der Waals surface area contributed by atoms with Crippen LogP contribution in [-0.2, 0) is 5.54 Å². The first kappa shape index (κ1) is 21.9. The van der Waals surface area contributed by atoms with E-state index in [4.69, 9.17) is 15.7 Å². The highest BCUT2D eigenvalue weighted by Gasteiger charge is 2.49. The number of nitrogens with one attached hydrogen (secondary N) is 1. The van der Waals surface area contributed by atoms with E-state index in [1.165, 1.54) is 63.7 Å². The van der Waals surface area contributed by atoms with Crippen LogP contribution < -0.4 is 15.4 Å². The molecule has 1 heterocycles. The van der Waals surface area contributed by atoms with Crippen molar-refractivity contribution in [1.82, 2.24) is 0 Å². The summed E-state index contributed by atoms with van der Waals surface area (Å²) in [6.45, 7) is 4.41. The van der Waals surface area contributed by atoms with Crippen LogP contribution in [0.1, 0.15) is 56.1 Å². The topological polar surface area (TPSA) is 65.1 Å². The molecule has 4 heteroatoms. The fourth-order valence-corrected chi connectivity index (χ4v) is 5.92. The number of ether oxygens (including phenoxy) is 1. The molecule has 0 bridgehead atoms. The van der Waals surface area contributed by atoms with Gasteiger partial charge in [-0.15, -0.1) is 0 Å². The lowest BCUT2D eigenvalue weighted by Crippen LogP contribution is -3.13. The van der Waals surface area contributed by atoms with E-state index in [2.05, 4.69) is 36.4 Å². The van der Waals surface area contributed by atoms with E-state index in [-0.39, 0.29) is 5.54 Å². The van der Waals surface area contributed by atoms with E-state index >= 15 is 0 Å². The molecule has 1 saturated carbocycles. The van der Waals surface area contributed by atoms with Crippen molar-refractivity contribution in [3.8, 4) is 11.8 Å². The molecule has 1 aliphatic carbocycles. The lowest BCUT2D eigenvalue weighted by Gasteiger charge is -2.42. The monoisotopic (exact) mass is 419 g/mol. The van der Waals surface area contributed by atoms with E-state index in [0.717, 1.165) is 24.7 Å². The molecule has 1 saturated heterocycles. The van der Waals surface area contributed by atoms with Gasteiger partial charge < -0.3 is 15.4 Å². The Hall–Kier alpha value is -2.35. The molecule has 2 fully saturated rings. The Labute approximate surface area is 187 Å². The van der Waals surface area contributed by atoms with Gasteiger partial charge in [-0.05, 0) is 37.1 Å². The molecular weight excluding hydrogens is 382 g/mol. The summed E-state index contributed by atoms with van der Waals surface area (Å²) in [6.07, 6.45) is 9.06. The maximum atomic E-state index is 8.88. The van der Waals surface area contributed by atoms with Crippen LogP contribution in [0.5, 0.6) is 5.75 Å². The van der Waals surface area contributed by atoms with E-state index in [9.17, 15) is 0 Å². The minimum absolute atomic E-state index is 0.0853. The third-order valence-corrected chi connectivity index (χ3v) is 7.74. The summed E-state index contributed by atoms with van der Waals surface area (Å²) in [6, 6.07) is 20.7. The van der Waals surface area contributed by atoms with Gasteiger partial charge in [0.05, 0.1) is 37.9 Å². The highest BCUT2D eigenvalue weighted by molar-refractivity contribution is 5.34. The second kappa shape index (κ2) is 10.3. The summed E-state index contributed by atoms with van der Waals surface area (Å²) < 4.78 is 5.86. The van der Waals surface area contributed by atoms with Crippen LogP contribution in [0.4, 0.5) is 0 Å². The Morgan fingerprint density at radius 3 is 2.23 bits per heavy atom. The number of nitrogens with zero attached hydrogens (tertiary/aromatic N) is 1. The van der Waals surface area contributed by atoms with Gasteiger partial charge in [-0.3, -0.25) is 0 Å². The standard InChI is InChI=1S/C27H35N3O/c28-21-22-11-13-26(14-12-22)31-20-6-17-30-18-15-25(16-19-30)27(29,24-9-4-5-10-24)23-7-2-1-3-8-23/h1-3,7-8,11-14,24-25H,4-6,9-10,15-20,29H2/p+2/t27-/m1/s1. The molecule has 1 aliphatic heterocycles. The molecule has 164 valence electrons. The minimum atomic E-state index is 0.0853. The predicted octanol–water partition coefficient (Wildman–Crippen LogP) is 2.95. The smallest absolute Gasteiger partial charge is 0.126 e. The molecule has 4 nitrogen and oxygen atoms in total. The predicted molar refractivity (Wildman–Crippen MR) is 123 cm³/mol. The third kappa shape index (κ3) is 5.11. The molecule has 2 aromatic rings. The summed E-state index contributed by atoms with van der Waals surface area (Å²) in [4.78, 5) is 1.71. The molecule has 0 amide bonds. The average molecular weight is 420 g/mol. The molecule has 1 atom stereocenters. The number of quaternary nitrogens is 2. The Morgan fingerprint density at radius 1 is 0.935 bits per heavy atom. The molecule has 4 N–H and O–H groups in total. The number of nitriles is 1. The number of likely N-dealkylation sites (tertiary alicyclic amines) is 1. The highest BCUT2D eigenvalue weighted by atomic mass is 16.5. The number of benzene rings is 2. The molecule has 0 unspecified atom stereocenters. The summed E-state index contributed by atoms with van der Waals surface area (Å²) in [5, 5.41) is 8.88. The molecule has 0 radical (unpaired) electrons.